The molecular weight excluding hydrogens is 461 g/mol. The summed E-state index contributed by atoms with van der Waals surface area (Å²) in [5, 5.41) is 14.1. The van der Waals surface area contributed by atoms with Crippen molar-refractivity contribution in [2.45, 2.75) is 45.8 Å². The molecule has 0 bridgehead atoms. The van der Waals surface area contributed by atoms with Crippen LogP contribution in [0.3, 0.4) is 0 Å². The summed E-state index contributed by atoms with van der Waals surface area (Å²) in [7, 11) is 0. The maximum Gasteiger partial charge on any atom is 0.433 e. The maximum absolute atomic E-state index is 13.9. The molecule has 0 saturated carbocycles. The van der Waals surface area contributed by atoms with Gasteiger partial charge in [-0.2, -0.15) is 18.4 Å². The average Bonchev–Trinajstić information content (AvgIpc) is 3.47. The predicted octanol–water partition coefficient (Wildman–Crippen LogP) is 4.57. The van der Waals surface area contributed by atoms with Crippen LogP contribution in [-0.2, 0) is 19.1 Å². The number of aromatic amines is 1. The molecule has 182 valence electrons. The molecule has 8 nitrogen and oxygen atoms in total. The topological polar surface area (TPSA) is 98.5 Å². The lowest BCUT2D eigenvalue weighted by Crippen LogP contribution is -2.31. The minimum Gasteiger partial charge on any atom is -0.291 e. The van der Waals surface area contributed by atoms with Crippen LogP contribution in [0.15, 0.2) is 53.3 Å². The van der Waals surface area contributed by atoms with Crippen LogP contribution in [0.25, 0.3) is 22.5 Å². The summed E-state index contributed by atoms with van der Waals surface area (Å²) < 4.78 is 43.1. The van der Waals surface area contributed by atoms with Gasteiger partial charge in [0.2, 0.25) is 11.7 Å². The summed E-state index contributed by atoms with van der Waals surface area (Å²) in [6.07, 6.45) is -4.64. The number of hydrogen-bond donors (Lipinski definition) is 1. The molecule has 0 aliphatic rings. The Morgan fingerprint density at radius 2 is 1.71 bits per heavy atom. The van der Waals surface area contributed by atoms with E-state index < -0.39 is 23.5 Å². The Kier molecular flexibility index (Phi) is 6.68. The molecule has 0 radical (unpaired) electrons. The third kappa shape index (κ3) is 4.66. The van der Waals surface area contributed by atoms with Crippen molar-refractivity contribution in [3.8, 4) is 22.5 Å². The quantitative estimate of drug-likeness (QED) is 0.415. The highest BCUT2D eigenvalue weighted by Crippen LogP contribution is 2.33. The molecule has 1 N–H and O–H groups in total. The molecule has 4 aromatic rings. The molecule has 4 rings (SSSR count). The molecule has 35 heavy (non-hydrogen) atoms. The minimum atomic E-state index is -4.83. The number of rotatable bonds is 7. The standard InChI is InChI=1S/C24H23F3N6O2/c1-3-7-19-21(24(25,26)27)33(20(34)4-2)23(35)32(19)14-15-10-12-16(13-11-15)17-8-5-6-9-18(17)22-28-30-31-29-22/h5-6,8-13H,3-4,7,14H2,1-2H3,(H,28,29,30,31). The molecule has 0 fully saturated rings. The average molecular weight is 484 g/mol. The van der Waals surface area contributed by atoms with E-state index in [1.54, 1.807) is 19.1 Å². The lowest BCUT2D eigenvalue weighted by atomic mass is 9.98. The zero-order valence-electron chi connectivity index (χ0n) is 19.1. The third-order valence-electron chi connectivity index (χ3n) is 5.67. The van der Waals surface area contributed by atoms with Gasteiger partial charge in [0, 0.05) is 12.0 Å². The molecule has 11 heteroatoms. The number of benzene rings is 2. The Balaban J connectivity index is 1.74. The smallest absolute Gasteiger partial charge is 0.291 e. The number of halogens is 3. The number of aromatic nitrogens is 6. The molecule has 2 aromatic carbocycles. The zero-order chi connectivity index (χ0) is 25.2. The van der Waals surface area contributed by atoms with E-state index in [1.807, 2.05) is 36.4 Å². The number of carbonyl (C=O) groups is 1. The number of hydrogen-bond acceptors (Lipinski definition) is 5. The highest BCUT2D eigenvalue weighted by atomic mass is 19.4. The van der Waals surface area contributed by atoms with Gasteiger partial charge in [-0.05, 0) is 28.3 Å². The fourth-order valence-corrected chi connectivity index (χ4v) is 4.10. The van der Waals surface area contributed by atoms with E-state index in [1.165, 1.54) is 6.92 Å². The van der Waals surface area contributed by atoms with Gasteiger partial charge in [-0.3, -0.25) is 9.36 Å². The molecule has 2 aromatic heterocycles. The molecule has 0 aliphatic heterocycles. The highest BCUT2D eigenvalue weighted by Gasteiger charge is 2.41. The van der Waals surface area contributed by atoms with Crippen molar-refractivity contribution < 1.29 is 18.0 Å². The van der Waals surface area contributed by atoms with E-state index >= 15 is 0 Å². The molecule has 0 unspecified atom stereocenters. The van der Waals surface area contributed by atoms with Crippen LogP contribution in [0.5, 0.6) is 0 Å². The van der Waals surface area contributed by atoms with Crippen LogP contribution in [0.4, 0.5) is 13.2 Å². The second kappa shape index (κ2) is 9.69. The second-order valence-corrected chi connectivity index (χ2v) is 7.97. The molecule has 0 spiro atoms. The van der Waals surface area contributed by atoms with Gasteiger partial charge in [-0.15, -0.1) is 10.2 Å². The fourth-order valence-electron chi connectivity index (χ4n) is 4.10. The van der Waals surface area contributed by atoms with Crippen molar-refractivity contribution in [2.75, 3.05) is 0 Å². The van der Waals surface area contributed by atoms with Crippen LogP contribution >= 0.6 is 0 Å². The van der Waals surface area contributed by atoms with Gasteiger partial charge in [0.25, 0.3) is 0 Å². The van der Waals surface area contributed by atoms with Crippen LogP contribution in [-0.4, -0.2) is 35.7 Å². The van der Waals surface area contributed by atoms with Crippen molar-refractivity contribution in [3.05, 3.63) is 76.0 Å². The second-order valence-electron chi connectivity index (χ2n) is 7.97. The van der Waals surface area contributed by atoms with E-state index in [2.05, 4.69) is 20.6 Å². The van der Waals surface area contributed by atoms with Gasteiger partial charge in [-0.25, -0.2) is 9.36 Å². The first-order valence-electron chi connectivity index (χ1n) is 11.1. The van der Waals surface area contributed by atoms with Crippen LogP contribution in [0.2, 0.25) is 0 Å². The van der Waals surface area contributed by atoms with Crippen molar-refractivity contribution in [2.24, 2.45) is 0 Å². The summed E-state index contributed by atoms with van der Waals surface area (Å²) in [6.45, 7) is 3.06. The fraction of sp³-hybridized carbons (Fsp3) is 0.292. The molecule has 0 aliphatic carbocycles. The first-order valence-corrected chi connectivity index (χ1v) is 11.1. The first kappa shape index (κ1) is 24.1. The minimum absolute atomic E-state index is 0.0181. The van der Waals surface area contributed by atoms with Crippen LogP contribution < -0.4 is 5.69 Å². The molecular formula is C24H23F3N6O2. The van der Waals surface area contributed by atoms with Crippen LogP contribution in [0, 0.1) is 0 Å². The van der Waals surface area contributed by atoms with E-state index in [9.17, 15) is 22.8 Å². The highest BCUT2D eigenvalue weighted by molar-refractivity contribution is 5.80. The summed E-state index contributed by atoms with van der Waals surface area (Å²) in [5.41, 5.74) is 0.744. The van der Waals surface area contributed by atoms with Crippen molar-refractivity contribution in [1.82, 2.24) is 29.8 Å². The van der Waals surface area contributed by atoms with E-state index in [0.717, 1.165) is 21.3 Å². The number of imidazole rings is 1. The number of H-pyrrole nitrogens is 1. The van der Waals surface area contributed by atoms with Gasteiger partial charge in [0.15, 0.2) is 5.69 Å². The Hall–Kier alpha value is -4.02. The van der Waals surface area contributed by atoms with Gasteiger partial charge < -0.3 is 0 Å². The number of tetrazole rings is 1. The molecule has 0 saturated heterocycles. The lowest BCUT2D eigenvalue weighted by molar-refractivity contribution is -0.143. The van der Waals surface area contributed by atoms with Crippen molar-refractivity contribution >= 4 is 5.91 Å². The Labute approximate surface area is 198 Å². The Morgan fingerprint density at radius 1 is 1.03 bits per heavy atom. The Morgan fingerprint density at radius 3 is 2.29 bits per heavy atom. The van der Waals surface area contributed by atoms with Gasteiger partial charge in [-0.1, -0.05) is 68.8 Å². The molecule has 2 heterocycles. The number of nitrogens with zero attached hydrogens (tertiary/aromatic N) is 5. The van der Waals surface area contributed by atoms with Gasteiger partial charge >= 0.3 is 11.9 Å². The summed E-state index contributed by atoms with van der Waals surface area (Å²) >= 11 is 0. The first-order chi connectivity index (χ1) is 16.8. The zero-order valence-corrected chi connectivity index (χ0v) is 19.1. The maximum atomic E-state index is 13.9. The molecule has 0 atom stereocenters. The number of nitrogens with one attached hydrogen (secondary N) is 1. The van der Waals surface area contributed by atoms with Crippen LogP contribution in [0.1, 0.15) is 48.4 Å². The summed E-state index contributed by atoms with van der Waals surface area (Å²) in [4.78, 5) is 25.3. The lowest BCUT2D eigenvalue weighted by Gasteiger charge is -2.12. The normalized spacial score (nSPS) is 11.7. The molecule has 0 amide bonds. The predicted molar refractivity (Wildman–Crippen MR) is 123 cm³/mol. The summed E-state index contributed by atoms with van der Waals surface area (Å²) in [5.74, 6) is -0.450. The monoisotopic (exact) mass is 484 g/mol. The van der Waals surface area contributed by atoms with Crippen molar-refractivity contribution in [3.63, 3.8) is 0 Å². The third-order valence-corrected chi connectivity index (χ3v) is 5.67. The number of alkyl halides is 3. The van der Waals surface area contributed by atoms with E-state index in [-0.39, 0.29) is 29.6 Å². The number of carbonyl (C=O) groups excluding carboxylic acids is 1. The van der Waals surface area contributed by atoms with Gasteiger partial charge in [0.1, 0.15) is 0 Å². The van der Waals surface area contributed by atoms with E-state index in [0.29, 0.717) is 17.8 Å². The van der Waals surface area contributed by atoms with E-state index in [4.69, 9.17) is 0 Å². The van der Waals surface area contributed by atoms with Crippen molar-refractivity contribution in [1.29, 1.82) is 0 Å². The SMILES string of the molecule is CCCc1c(C(F)(F)F)n(C(=O)CC)c(=O)n1Cc1ccc(-c2ccccc2-c2nn[nH]n2)cc1. The summed E-state index contributed by atoms with van der Waals surface area (Å²) in [6, 6.07) is 14.6. The van der Waals surface area contributed by atoms with Gasteiger partial charge in [0.05, 0.1) is 12.2 Å². The largest absolute Gasteiger partial charge is 0.433 e. The Bertz CT molecular complexity index is 1390.